The van der Waals surface area contributed by atoms with Crippen LogP contribution in [0.15, 0.2) is 35.2 Å². The Morgan fingerprint density at radius 1 is 1.23 bits per heavy atom. The van der Waals surface area contributed by atoms with Gasteiger partial charge in [0.15, 0.2) is 5.65 Å². The first-order valence-electron chi connectivity index (χ1n) is 10.1. The van der Waals surface area contributed by atoms with Gasteiger partial charge in [-0.1, -0.05) is 23.7 Å². The lowest BCUT2D eigenvalue weighted by Crippen LogP contribution is -2.37. The van der Waals surface area contributed by atoms with Crippen molar-refractivity contribution in [2.24, 2.45) is 5.92 Å². The zero-order valence-corrected chi connectivity index (χ0v) is 19.5. The summed E-state index contributed by atoms with van der Waals surface area (Å²) < 4.78 is 7.14. The van der Waals surface area contributed by atoms with Gasteiger partial charge in [-0.2, -0.15) is 5.10 Å². The van der Waals surface area contributed by atoms with Crippen molar-refractivity contribution in [2.75, 3.05) is 45.2 Å². The van der Waals surface area contributed by atoms with Crippen LogP contribution in [0.25, 0.3) is 11.0 Å². The van der Waals surface area contributed by atoms with Gasteiger partial charge in [-0.25, -0.2) is 9.97 Å². The Morgan fingerprint density at radius 2 is 1.97 bits per heavy atom. The van der Waals surface area contributed by atoms with Crippen LogP contribution in [0.5, 0.6) is 0 Å². The summed E-state index contributed by atoms with van der Waals surface area (Å²) in [4.78, 5) is 13.3. The van der Waals surface area contributed by atoms with E-state index >= 15 is 0 Å². The summed E-state index contributed by atoms with van der Waals surface area (Å²) in [6.07, 6.45) is 3.71. The molecular weight excluding hydrogens is 468 g/mol. The molecule has 1 atom stereocenters. The van der Waals surface area contributed by atoms with E-state index in [0.717, 1.165) is 59.0 Å². The van der Waals surface area contributed by atoms with Crippen molar-refractivity contribution in [1.29, 1.82) is 0 Å². The third-order valence-electron chi connectivity index (χ3n) is 5.60. The van der Waals surface area contributed by atoms with Crippen LogP contribution in [0.4, 0.5) is 5.82 Å². The molecule has 30 heavy (non-hydrogen) atoms. The first-order chi connectivity index (χ1) is 14.5. The highest BCUT2D eigenvalue weighted by atomic mass is 79.9. The molecule has 0 amide bonds. The van der Waals surface area contributed by atoms with Gasteiger partial charge in [0.05, 0.1) is 18.1 Å². The average Bonchev–Trinajstić information content (AvgIpc) is 3.13. The van der Waals surface area contributed by atoms with E-state index in [9.17, 15) is 0 Å². The molecule has 3 aromatic rings. The lowest BCUT2D eigenvalue weighted by Gasteiger charge is -2.37. The van der Waals surface area contributed by atoms with Crippen LogP contribution in [0.2, 0.25) is 5.02 Å². The van der Waals surface area contributed by atoms with E-state index in [0.29, 0.717) is 12.5 Å². The van der Waals surface area contributed by atoms with Crippen LogP contribution in [0.3, 0.4) is 0 Å². The Kier molecular flexibility index (Phi) is 6.87. The van der Waals surface area contributed by atoms with Crippen LogP contribution >= 0.6 is 27.5 Å². The highest BCUT2D eigenvalue weighted by Gasteiger charge is 2.30. The van der Waals surface area contributed by atoms with Gasteiger partial charge in [-0.15, -0.1) is 0 Å². The van der Waals surface area contributed by atoms with Crippen molar-refractivity contribution in [1.82, 2.24) is 25.1 Å². The molecule has 2 aromatic heterocycles. The highest BCUT2D eigenvalue weighted by Crippen LogP contribution is 2.37. The summed E-state index contributed by atoms with van der Waals surface area (Å²) >= 11 is 9.62. The third-order valence-corrected chi connectivity index (χ3v) is 6.42. The molecule has 1 fully saturated rings. The molecule has 0 radical (unpaired) electrons. The van der Waals surface area contributed by atoms with Crippen molar-refractivity contribution in [3.05, 3.63) is 45.8 Å². The summed E-state index contributed by atoms with van der Waals surface area (Å²) in [6, 6.07) is 8.07. The Morgan fingerprint density at radius 3 is 2.67 bits per heavy atom. The van der Waals surface area contributed by atoms with E-state index in [1.54, 1.807) is 6.33 Å². The minimum absolute atomic E-state index is 0.0652. The number of nitrogens with zero attached hydrogens (tertiary/aromatic N) is 5. The predicted octanol–water partition coefficient (Wildman–Crippen LogP) is 4.30. The molecule has 160 valence electrons. The monoisotopic (exact) mass is 492 g/mol. The summed E-state index contributed by atoms with van der Waals surface area (Å²) in [5.41, 5.74) is 1.94. The lowest BCUT2D eigenvalue weighted by molar-refractivity contribution is -0.00305. The lowest BCUT2D eigenvalue weighted by atomic mass is 9.87. The standard InChI is InChI=1S/C21H26BrClN6O/c1-28(2)11-12-30-18(14-3-5-16(23)6-4-14)15-7-9-29(10-8-15)21-17-19(22)26-27-20(17)24-13-25-21/h3-6,13,15,18H,7-12H2,1-2H3,(H,24,25,26,27). The number of ether oxygens (including phenoxy) is 1. The van der Waals surface area contributed by atoms with E-state index in [-0.39, 0.29) is 6.10 Å². The molecule has 4 rings (SSSR count). The number of fused-ring (bicyclic) bond motifs is 1. The van der Waals surface area contributed by atoms with Gasteiger partial charge >= 0.3 is 0 Å². The maximum Gasteiger partial charge on any atom is 0.161 e. The quantitative estimate of drug-likeness (QED) is 0.529. The second-order valence-electron chi connectivity index (χ2n) is 7.91. The predicted molar refractivity (Wildman–Crippen MR) is 123 cm³/mol. The topological polar surface area (TPSA) is 70.2 Å². The van der Waals surface area contributed by atoms with Gasteiger partial charge in [0, 0.05) is 24.7 Å². The molecule has 7 nitrogen and oxygen atoms in total. The van der Waals surface area contributed by atoms with Crippen molar-refractivity contribution in [2.45, 2.75) is 18.9 Å². The number of benzene rings is 1. The summed E-state index contributed by atoms with van der Waals surface area (Å²) in [6.45, 7) is 3.43. The van der Waals surface area contributed by atoms with Gasteiger partial charge in [-0.3, -0.25) is 5.10 Å². The normalized spacial score (nSPS) is 16.5. The fourth-order valence-corrected chi connectivity index (χ4v) is 4.56. The van der Waals surface area contributed by atoms with E-state index in [4.69, 9.17) is 16.3 Å². The van der Waals surface area contributed by atoms with Crippen LogP contribution in [0, 0.1) is 5.92 Å². The largest absolute Gasteiger partial charge is 0.372 e. The van der Waals surface area contributed by atoms with Crippen molar-refractivity contribution < 1.29 is 4.74 Å². The number of anilines is 1. The van der Waals surface area contributed by atoms with E-state index < -0.39 is 0 Å². The summed E-state index contributed by atoms with van der Waals surface area (Å²) in [7, 11) is 4.13. The van der Waals surface area contributed by atoms with Gasteiger partial charge in [0.2, 0.25) is 0 Å². The molecule has 1 aliphatic heterocycles. The van der Waals surface area contributed by atoms with Crippen LogP contribution in [-0.2, 0) is 4.74 Å². The van der Waals surface area contributed by atoms with Crippen molar-refractivity contribution in [3.8, 4) is 0 Å². The maximum absolute atomic E-state index is 6.38. The van der Waals surface area contributed by atoms with Crippen LogP contribution in [0.1, 0.15) is 24.5 Å². The number of rotatable bonds is 7. The van der Waals surface area contributed by atoms with Gasteiger partial charge in [0.1, 0.15) is 16.7 Å². The molecular formula is C21H26BrClN6O. The molecule has 1 saturated heterocycles. The molecule has 0 aliphatic carbocycles. The fraction of sp³-hybridized carbons (Fsp3) is 0.476. The molecule has 1 aliphatic rings. The van der Waals surface area contributed by atoms with Crippen LogP contribution in [-0.4, -0.2) is 65.4 Å². The third kappa shape index (κ3) is 4.77. The number of H-pyrrole nitrogens is 1. The fourth-order valence-electron chi connectivity index (χ4n) is 3.98. The first kappa shape index (κ1) is 21.5. The molecule has 0 bridgehead atoms. The molecule has 1 unspecified atom stereocenters. The zero-order chi connectivity index (χ0) is 21.1. The minimum atomic E-state index is 0.0652. The smallest absolute Gasteiger partial charge is 0.161 e. The Labute approximate surface area is 189 Å². The molecule has 1 aromatic carbocycles. The number of aromatic amines is 1. The number of hydrogen-bond donors (Lipinski definition) is 1. The van der Waals surface area contributed by atoms with E-state index in [2.05, 4.69) is 72.1 Å². The average molecular weight is 494 g/mol. The highest BCUT2D eigenvalue weighted by molar-refractivity contribution is 9.10. The van der Waals surface area contributed by atoms with Crippen LogP contribution < -0.4 is 4.90 Å². The van der Waals surface area contributed by atoms with E-state index in [1.165, 1.54) is 5.56 Å². The number of hydrogen-bond acceptors (Lipinski definition) is 6. The van der Waals surface area contributed by atoms with Gasteiger partial charge < -0.3 is 14.5 Å². The number of halogens is 2. The molecule has 1 N–H and O–H groups in total. The first-order valence-corrected chi connectivity index (χ1v) is 11.3. The molecule has 0 saturated carbocycles. The zero-order valence-electron chi connectivity index (χ0n) is 17.2. The van der Waals surface area contributed by atoms with Gasteiger partial charge in [0.25, 0.3) is 0 Å². The minimum Gasteiger partial charge on any atom is -0.372 e. The maximum atomic E-state index is 6.38. The Bertz CT molecular complexity index is 971. The molecule has 3 heterocycles. The van der Waals surface area contributed by atoms with Crippen molar-refractivity contribution in [3.63, 3.8) is 0 Å². The second kappa shape index (κ2) is 9.60. The van der Waals surface area contributed by atoms with E-state index in [1.807, 2.05) is 12.1 Å². The van der Waals surface area contributed by atoms with Gasteiger partial charge in [-0.05, 0) is 66.5 Å². The molecule has 0 spiro atoms. The number of piperidine rings is 1. The number of nitrogens with one attached hydrogen (secondary N) is 1. The van der Waals surface area contributed by atoms with Crippen molar-refractivity contribution >= 4 is 44.4 Å². The number of aromatic nitrogens is 4. The molecule has 9 heteroatoms. The summed E-state index contributed by atoms with van der Waals surface area (Å²) in [5.74, 6) is 1.37. The Balaban J connectivity index is 1.49. The second-order valence-corrected chi connectivity index (χ2v) is 9.09. The SMILES string of the molecule is CN(C)CCOC(c1ccc(Cl)cc1)C1CCN(c2ncnc3[nH]nc(Br)c23)CC1. The summed E-state index contributed by atoms with van der Waals surface area (Å²) in [5, 5.41) is 8.85. The number of likely N-dealkylation sites (N-methyl/N-ethyl adjacent to an activating group) is 1. The Hall–Kier alpha value is -1.74.